The molecule has 0 N–H and O–H groups in total. The van der Waals surface area contributed by atoms with E-state index in [1.54, 1.807) is 5.46 Å². The Morgan fingerprint density at radius 1 is 1.44 bits per heavy atom. The van der Waals surface area contributed by atoms with E-state index in [-0.39, 0.29) is 0 Å². The van der Waals surface area contributed by atoms with E-state index in [9.17, 15) is 0 Å². The van der Waals surface area contributed by atoms with Crippen molar-refractivity contribution in [3.63, 3.8) is 0 Å². The molecule has 9 heavy (non-hydrogen) atoms. The van der Waals surface area contributed by atoms with Crippen molar-refractivity contribution >= 4 is 12.4 Å². The molecule has 1 heteroatoms. The Bertz CT molecular complexity index is 160. The molecule has 0 aromatic rings. The summed E-state index contributed by atoms with van der Waals surface area (Å²) in [5, 5.41) is 0. The van der Waals surface area contributed by atoms with Gasteiger partial charge in [-0.3, -0.25) is 0 Å². The predicted octanol–water partition coefficient (Wildman–Crippen LogP) is 1.73. The summed E-state index contributed by atoms with van der Waals surface area (Å²) in [6.07, 6.45) is 2.96. The molecule has 0 nitrogen and oxygen atoms in total. The van der Waals surface area contributed by atoms with Crippen molar-refractivity contribution in [3.05, 3.63) is 0 Å². The van der Waals surface area contributed by atoms with Gasteiger partial charge in [0.05, 0.1) is 0 Å². The van der Waals surface area contributed by atoms with Crippen LogP contribution in [-0.4, -0.2) is 12.4 Å². The summed E-state index contributed by atoms with van der Waals surface area (Å²) in [5.74, 6) is 2.94. The zero-order valence-electron chi connectivity index (χ0n) is 6.22. The first-order valence-electron chi connectivity index (χ1n) is 3.97. The molecule has 1 aliphatic heterocycles. The van der Waals surface area contributed by atoms with Crippen LogP contribution in [-0.2, 0) is 0 Å². The number of hydrogen-bond acceptors (Lipinski definition) is 0. The summed E-state index contributed by atoms with van der Waals surface area (Å²) < 4.78 is 0. The second kappa shape index (κ2) is 1.71. The van der Waals surface area contributed by atoms with Crippen molar-refractivity contribution in [2.24, 2.45) is 11.8 Å². The van der Waals surface area contributed by atoms with Crippen LogP contribution in [0.2, 0.25) is 5.82 Å². The van der Waals surface area contributed by atoms with E-state index >= 15 is 0 Å². The van der Waals surface area contributed by atoms with Crippen LogP contribution in [0.3, 0.4) is 0 Å². The van der Waals surface area contributed by atoms with Crippen LogP contribution in [0, 0.1) is 11.8 Å². The van der Waals surface area contributed by atoms with Crippen molar-refractivity contribution in [3.8, 4) is 0 Å². The Morgan fingerprint density at radius 3 is 2.44 bits per heavy atom. The molecule has 0 spiro atoms. The van der Waals surface area contributed by atoms with Gasteiger partial charge in [0.15, 0.2) is 0 Å². The number of rotatable bonds is 0. The average Bonchev–Trinajstić information content (AvgIpc) is 1.73. The van der Waals surface area contributed by atoms with E-state index < -0.39 is 0 Å². The quantitative estimate of drug-likeness (QED) is 0.427. The zero-order chi connectivity index (χ0) is 6.43. The molecule has 2 rings (SSSR count). The predicted molar refractivity (Wildman–Crippen MR) is 42.1 cm³/mol. The van der Waals surface area contributed by atoms with Crippen LogP contribution in [0.25, 0.3) is 0 Å². The maximum absolute atomic E-state index is 2.46. The monoisotopic (exact) mass is 120 g/mol. The van der Waals surface area contributed by atoms with Crippen LogP contribution in [0.1, 0.15) is 26.7 Å². The molecule has 48 valence electrons. The minimum absolute atomic E-state index is 0.892. The van der Waals surface area contributed by atoms with Crippen LogP contribution >= 0.6 is 0 Å². The van der Waals surface area contributed by atoms with E-state index in [1.165, 1.54) is 12.8 Å². The molecule has 1 saturated carbocycles. The van der Waals surface area contributed by atoms with E-state index in [4.69, 9.17) is 0 Å². The molecule has 3 atom stereocenters. The fraction of sp³-hybridized carbons (Fsp3) is 0.875. The van der Waals surface area contributed by atoms with E-state index in [2.05, 4.69) is 20.8 Å². The summed E-state index contributed by atoms with van der Waals surface area (Å²) in [5.41, 5.74) is 1.67. The topological polar surface area (TPSA) is 0 Å². The van der Waals surface area contributed by atoms with E-state index in [1.807, 2.05) is 0 Å². The van der Waals surface area contributed by atoms with Crippen molar-refractivity contribution in [1.29, 1.82) is 0 Å². The zero-order valence-corrected chi connectivity index (χ0v) is 6.22. The van der Waals surface area contributed by atoms with Gasteiger partial charge in [-0.1, -0.05) is 0 Å². The Kier molecular flexibility index (Phi) is 1.08. The molecule has 3 unspecified atom stereocenters. The standard InChI is InChI=1S/C8H13B/c1-5-7-3-4-8(7)6(2)9-5/h5,7-8H,3-4H2,1-2H3. The molecule has 0 aromatic heterocycles. The van der Waals surface area contributed by atoms with Gasteiger partial charge in [-0.25, -0.2) is 0 Å². The first-order chi connectivity index (χ1) is 4.29. The summed E-state index contributed by atoms with van der Waals surface area (Å²) in [6, 6.07) is 0. The fourth-order valence-corrected chi connectivity index (χ4v) is 2.38. The van der Waals surface area contributed by atoms with Crippen LogP contribution in [0.4, 0.5) is 0 Å². The molecule has 0 bridgehead atoms. The Balaban J connectivity index is 2.20. The first-order valence-corrected chi connectivity index (χ1v) is 3.97. The summed E-state index contributed by atoms with van der Waals surface area (Å²) in [4.78, 5) is 0. The van der Waals surface area contributed by atoms with Crippen LogP contribution in [0.5, 0.6) is 0 Å². The molecule has 1 aliphatic carbocycles. The van der Waals surface area contributed by atoms with Crippen LogP contribution in [0.15, 0.2) is 0 Å². The second-order valence-corrected chi connectivity index (χ2v) is 3.62. The van der Waals surface area contributed by atoms with E-state index in [0.717, 1.165) is 17.7 Å². The van der Waals surface area contributed by atoms with Crippen molar-refractivity contribution in [2.45, 2.75) is 32.5 Å². The molecule has 2 aliphatic rings. The van der Waals surface area contributed by atoms with Gasteiger partial charge in [0.1, 0.15) is 0 Å². The van der Waals surface area contributed by atoms with Gasteiger partial charge in [-0.15, -0.1) is 0 Å². The summed E-state index contributed by atoms with van der Waals surface area (Å²) >= 11 is 0. The third kappa shape index (κ3) is 0.638. The molecular weight excluding hydrogens is 107 g/mol. The normalized spacial score (nSPS) is 46.9. The Morgan fingerprint density at radius 2 is 2.22 bits per heavy atom. The van der Waals surface area contributed by atoms with Crippen molar-refractivity contribution in [2.75, 3.05) is 0 Å². The molecule has 0 saturated heterocycles. The number of fused-ring (bicyclic) bond motifs is 1. The summed E-state index contributed by atoms with van der Waals surface area (Å²) in [6.45, 7) is 7.11. The Labute approximate surface area is 57.6 Å². The van der Waals surface area contributed by atoms with E-state index in [0.29, 0.717) is 0 Å². The average molecular weight is 120 g/mol. The SMILES string of the molecule is CC1=BC(C)C2CCC12. The van der Waals surface area contributed by atoms with Gasteiger partial charge in [0, 0.05) is 0 Å². The van der Waals surface area contributed by atoms with Crippen LogP contribution < -0.4 is 0 Å². The van der Waals surface area contributed by atoms with Gasteiger partial charge in [0.2, 0.25) is 0 Å². The molecule has 1 fully saturated rings. The van der Waals surface area contributed by atoms with Gasteiger partial charge >= 0.3 is 56.7 Å². The fourth-order valence-electron chi connectivity index (χ4n) is 2.38. The van der Waals surface area contributed by atoms with Gasteiger partial charge in [-0.05, 0) is 0 Å². The van der Waals surface area contributed by atoms with Crippen molar-refractivity contribution in [1.82, 2.24) is 0 Å². The first kappa shape index (κ1) is 5.70. The summed E-state index contributed by atoms with van der Waals surface area (Å²) in [7, 11) is 0. The molecular formula is C8H13B. The molecule has 1 heterocycles. The third-order valence-corrected chi connectivity index (χ3v) is 3.11. The minimum atomic E-state index is 0.892. The molecule has 0 amide bonds. The molecule has 0 radical (unpaired) electrons. The Hall–Kier alpha value is -0.0651. The van der Waals surface area contributed by atoms with Gasteiger partial charge < -0.3 is 0 Å². The molecule has 0 aromatic carbocycles. The number of hydrogen-bond donors (Lipinski definition) is 0. The maximum atomic E-state index is 2.46. The second-order valence-electron chi connectivity index (χ2n) is 3.62. The van der Waals surface area contributed by atoms with Crippen molar-refractivity contribution < 1.29 is 0 Å². The third-order valence-electron chi connectivity index (χ3n) is 3.11. The van der Waals surface area contributed by atoms with Gasteiger partial charge in [-0.2, -0.15) is 0 Å². The van der Waals surface area contributed by atoms with Gasteiger partial charge in [0.25, 0.3) is 0 Å².